The third-order valence-corrected chi connectivity index (χ3v) is 11.3. The molecule has 0 aromatic carbocycles. The number of hydrogen-bond donors (Lipinski definition) is 3. The van der Waals surface area contributed by atoms with Crippen LogP contribution in [0.25, 0.3) is 0 Å². The van der Waals surface area contributed by atoms with Crippen LogP contribution in [0.1, 0.15) is 219 Å². The van der Waals surface area contributed by atoms with Gasteiger partial charge in [-0.05, 0) is 64.2 Å². The van der Waals surface area contributed by atoms with Crippen LogP contribution in [-0.4, -0.2) is 59.9 Å². The molecule has 11 nitrogen and oxygen atoms in total. The summed E-state index contributed by atoms with van der Waals surface area (Å²) in [5, 5.41) is 8.90. The fourth-order valence-electron chi connectivity index (χ4n) is 6.57. The summed E-state index contributed by atoms with van der Waals surface area (Å²) in [5.74, 6) is -2.39. The molecule has 0 bridgehead atoms. The van der Waals surface area contributed by atoms with Gasteiger partial charge >= 0.3 is 25.7 Å². The highest BCUT2D eigenvalue weighted by atomic mass is 31.2. The minimum absolute atomic E-state index is 0.145. The third kappa shape index (κ3) is 42.4. The second-order valence-electron chi connectivity index (χ2n) is 16.2. The van der Waals surface area contributed by atoms with Crippen LogP contribution in [0.2, 0.25) is 0 Å². The normalized spacial score (nSPS) is 13.9. The number of carbonyl (C=O) groups is 3. The van der Waals surface area contributed by atoms with Gasteiger partial charge in [-0.2, -0.15) is 0 Å². The summed E-state index contributed by atoms with van der Waals surface area (Å²) in [5.41, 5.74) is 5.34. The van der Waals surface area contributed by atoms with Gasteiger partial charge in [-0.3, -0.25) is 23.4 Å². The second-order valence-corrected chi connectivity index (χ2v) is 17.7. The van der Waals surface area contributed by atoms with E-state index < -0.39 is 51.1 Å². The van der Waals surface area contributed by atoms with E-state index in [1.807, 2.05) is 0 Å². The van der Waals surface area contributed by atoms with E-state index in [9.17, 15) is 23.8 Å². The zero-order valence-corrected chi connectivity index (χ0v) is 38.9. The topological polar surface area (TPSA) is 172 Å². The molecule has 0 spiro atoms. The maximum absolute atomic E-state index is 12.6. The number of hydrogen-bond acceptors (Lipinski definition) is 9. The predicted molar refractivity (Wildman–Crippen MR) is 245 cm³/mol. The summed E-state index contributed by atoms with van der Waals surface area (Å²) in [6, 6.07) is -1.52. The summed E-state index contributed by atoms with van der Waals surface area (Å²) < 4.78 is 32.7. The van der Waals surface area contributed by atoms with E-state index in [-0.39, 0.29) is 19.4 Å². The Balaban J connectivity index is 4.21. The van der Waals surface area contributed by atoms with Crippen molar-refractivity contribution in [3.8, 4) is 0 Å². The maximum Gasteiger partial charge on any atom is 0.472 e. The van der Waals surface area contributed by atoms with E-state index in [0.717, 1.165) is 70.6 Å². The summed E-state index contributed by atoms with van der Waals surface area (Å²) in [6.45, 7) is 2.74. The lowest BCUT2D eigenvalue weighted by atomic mass is 10.0. The monoisotopic (exact) mass is 870 g/mol. The molecule has 0 aliphatic heterocycles. The van der Waals surface area contributed by atoms with Crippen molar-refractivity contribution in [2.45, 2.75) is 231 Å². The zero-order valence-electron chi connectivity index (χ0n) is 38.1. The summed E-state index contributed by atoms with van der Waals surface area (Å²) in [4.78, 5) is 46.0. The van der Waals surface area contributed by atoms with Crippen molar-refractivity contribution in [1.82, 2.24) is 0 Å². The number of ether oxygens (including phenoxy) is 2. The number of allylic oxidation sites excluding steroid dienone is 6. The smallest absolute Gasteiger partial charge is 0.472 e. The Bertz CT molecular complexity index is 1160. The number of carboxylic acids is 1. The lowest BCUT2D eigenvalue weighted by Gasteiger charge is -2.20. The van der Waals surface area contributed by atoms with Crippen molar-refractivity contribution in [3.63, 3.8) is 0 Å². The van der Waals surface area contributed by atoms with Crippen molar-refractivity contribution in [3.05, 3.63) is 36.5 Å². The molecule has 4 N–H and O–H groups in total. The number of rotatable bonds is 45. The molecule has 350 valence electrons. The molecule has 0 fully saturated rings. The lowest BCUT2D eigenvalue weighted by Crippen LogP contribution is -2.34. The van der Waals surface area contributed by atoms with Crippen LogP contribution in [0.5, 0.6) is 0 Å². The quantitative estimate of drug-likeness (QED) is 0.0230. The van der Waals surface area contributed by atoms with E-state index in [2.05, 4.69) is 54.8 Å². The first-order chi connectivity index (χ1) is 29.1. The molecular formula is C48H88NO10P. The van der Waals surface area contributed by atoms with Crippen LogP contribution in [0, 0.1) is 0 Å². The molecule has 3 atom stereocenters. The van der Waals surface area contributed by atoms with Crippen LogP contribution in [0.15, 0.2) is 36.5 Å². The molecule has 0 aromatic heterocycles. The number of phosphoric acid groups is 1. The lowest BCUT2D eigenvalue weighted by molar-refractivity contribution is -0.161. The fourth-order valence-corrected chi connectivity index (χ4v) is 7.35. The van der Waals surface area contributed by atoms with Crippen molar-refractivity contribution in [2.24, 2.45) is 5.73 Å². The standard InChI is InChI=1S/C48H88NO10P/c1-3-5-7-9-11-13-15-17-18-19-20-21-22-23-24-25-26-28-29-31-33-35-37-39-46(50)56-41-44(42-57-60(54,55)58-43-45(49)48(52)53)59-47(51)40-38-36-34-32-30-27-16-14-12-10-8-6-4-2/h8,10,14,16,19-20,44-45H,3-7,9,11-13,15,17-18,21-43,49H2,1-2H3,(H,52,53)(H,54,55)/b10-8-,16-14-,20-19-. The van der Waals surface area contributed by atoms with Crippen LogP contribution in [0.4, 0.5) is 0 Å². The Hall–Kier alpha value is -2.30. The van der Waals surface area contributed by atoms with Gasteiger partial charge in [0.25, 0.3) is 0 Å². The first-order valence-electron chi connectivity index (χ1n) is 24.0. The van der Waals surface area contributed by atoms with Gasteiger partial charge in [0.2, 0.25) is 0 Å². The molecule has 0 aromatic rings. The molecule has 0 amide bonds. The molecule has 0 aliphatic carbocycles. The molecule has 0 radical (unpaired) electrons. The summed E-state index contributed by atoms with van der Waals surface area (Å²) in [7, 11) is -4.72. The summed E-state index contributed by atoms with van der Waals surface area (Å²) in [6.07, 6.45) is 47.9. The number of carbonyl (C=O) groups excluding carboxylic acids is 2. The second kappa shape index (κ2) is 43.4. The Morgan fingerprint density at radius 1 is 0.517 bits per heavy atom. The largest absolute Gasteiger partial charge is 0.480 e. The molecular weight excluding hydrogens is 781 g/mol. The van der Waals surface area contributed by atoms with Gasteiger partial charge in [0, 0.05) is 12.8 Å². The van der Waals surface area contributed by atoms with Crippen LogP contribution < -0.4 is 5.73 Å². The molecule has 12 heteroatoms. The number of nitrogens with two attached hydrogens (primary N) is 1. The van der Waals surface area contributed by atoms with Gasteiger partial charge in [0.1, 0.15) is 12.6 Å². The van der Waals surface area contributed by atoms with Crippen molar-refractivity contribution < 1.29 is 47.5 Å². The van der Waals surface area contributed by atoms with E-state index in [1.54, 1.807) is 0 Å². The molecule has 0 rings (SSSR count). The van der Waals surface area contributed by atoms with Gasteiger partial charge in [-0.1, -0.05) is 179 Å². The number of esters is 2. The first-order valence-corrected chi connectivity index (χ1v) is 25.5. The fraction of sp³-hybridized carbons (Fsp3) is 0.812. The number of phosphoric ester groups is 1. The Morgan fingerprint density at radius 2 is 0.917 bits per heavy atom. The molecule has 0 aliphatic rings. The van der Waals surface area contributed by atoms with Gasteiger partial charge in [0.15, 0.2) is 6.10 Å². The van der Waals surface area contributed by atoms with E-state index in [4.69, 9.17) is 24.8 Å². The minimum Gasteiger partial charge on any atom is -0.480 e. The van der Waals surface area contributed by atoms with Crippen molar-refractivity contribution >= 4 is 25.7 Å². The van der Waals surface area contributed by atoms with E-state index >= 15 is 0 Å². The van der Waals surface area contributed by atoms with Gasteiger partial charge in [0.05, 0.1) is 13.2 Å². The Morgan fingerprint density at radius 3 is 1.38 bits per heavy atom. The van der Waals surface area contributed by atoms with Gasteiger partial charge in [-0.25, -0.2) is 4.57 Å². The highest BCUT2D eigenvalue weighted by Gasteiger charge is 2.28. The van der Waals surface area contributed by atoms with Crippen LogP contribution in [-0.2, 0) is 37.5 Å². The third-order valence-electron chi connectivity index (χ3n) is 10.3. The molecule has 3 unspecified atom stereocenters. The number of carboxylic acid groups (broad SMARTS) is 1. The minimum atomic E-state index is -4.72. The number of unbranched alkanes of at least 4 members (excludes halogenated alkanes) is 25. The van der Waals surface area contributed by atoms with Gasteiger partial charge in [-0.15, -0.1) is 0 Å². The van der Waals surface area contributed by atoms with E-state index in [0.29, 0.717) is 12.8 Å². The summed E-state index contributed by atoms with van der Waals surface area (Å²) >= 11 is 0. The van der Waals surface area contributed by atoms with Crippen LogP contribution >= 0.6 is 7.82 Å². The average molecular weight is 870 g/mol. The van der Waals surface area contributed by atoms with E-state index in [1.165, 1.54) is 109 Å². The molecule has 60 heavy (non-hydrogen) atoms. The maximum atomic E-state index is 12.6. The Kier molecular flexibility index (Phi) is 41.7. The highest BCUT2D eigenvalue weighted by Crippen LogP contribution is 2.43. The SMILES string of the molecule is CCC/C=C\C/C=C\CCCCCCCC(=O)OC(COC(=O)CCCCCCCCCCCCC/C=C\CCCCCCCCCC)COP(=O)(O)OCC(N)C(=O)O. The molecule has 0 saturated carbocycles. The Labute approximate surface area is 365 Å². The molecule has 0 saturated heterocycles. The van der Waals surface area contributed by atoms with Crippen molar-refractivity contribution in [1.29, 1.82) is 0 Å². The first kappa shape index (κ1) is 57.7. The molecule has 0 heterocycles. The zero-order chi connectivity index (χ0) is 44.2. The highest BCUT2D eigenvalue weighted by molar-refractivity contribution is 7.47. The number of aliphatic carboxylic acids is 1. The van der Waals surface area contributed by atoms with Crippen LogP contribution in [0.3, 0.4) is 0 Å². The van der Waals surface area contributed by atoms with Gasteiger partial charge < -0.3 is 25.2 Å². The average Bonchev–Trinajstić information content (AvgIpc) is 3.22. The van der Waals surface area contributed by atoms with Crippen molar-refractivity contribution in [2.75, 3.05) is 19.8 Å². The predicted octanol–water partition coefficient (Wildman–Crippen LogP) is 13.2.